The topological polar surface area (TPSA) is 131 Å². The molecule has 4 bridgehead atoms. The maximum absolute atomic E-state index is 14.4. The molecular weight excluding hydrogens is 614 g/mol. The number of carbonyl (C=O) groups excluding carboxylic acids is 1. The molecule has 2 aromatic carbocycles. The Kier molecular flexibility index (Phi) is 8.64. The number of fused-ring (bicyclic) bond motifs is 4. The van der Waals surface area contributed by atoms with Gasteiger partial charge in [0, 0.05) is 30.3 Å². The van der Waals surface area contributed by atoms with Crippen LogP contribution in [-0.4, -0.2) is 64.9 Å². The van der Waals surface area contributed by atoms with Gasteiger partial charge in [-0.3, -0.25) is 4.79 Å². The van der Waals surface area contributed by atoms with Gasteiger partial charge in [0.15, 0.2) is 0 Å². The molecule has 0 radical (unpaired) electrons. The quantitative estimate of drug-likeness (QED) is 0.290. The Labute approximate surface area is 276 Å². The molecule has 0 spiro atoms. The third-order valence-electron chi connectivity index (χ3n) is 8.46. The van der Waals surface area contributed by atoms with Crippen molar-refractivity contribution in [2.24, 2.45) is 11.3 Å². The molecule has 1 amide bonds. The molecular formula is C35H41N7O4S. The van der Waals surface area contributed by atoms with E-state index in [-0.39, 0.29) is 46.8 Å². The van der Waals surface area contributed by atoms with Crippen molar-refractivity contribution >= 4 is 27.6 Å². The molecule has 1 N–H and O–H groups in total. The SMILES string of the molecule is Cc1cccc(C)c1-c1cc2nc(n1)NS(=O)(=O)c1cccc(c1)C(=O)N(Cc1ncc(N3CC(C)C3)cn1)[C@H](CC(C)(C)C)CO2. The summed E-state index contributed by atoms with van der Waals surface area (Å²) >= 11 is 0. The number of nitrogens with one attached hydrogen (secondary N) is 1. The molecule has 47 heavy (non-hydrogen) atoms. The van der Waals surface area contributed by atoms with Crippen LogP contribution in [0.2, 0.25) is 0 Å². The Morgan fingerprint density at radius 3 is 2.32 bits per heavy atom. The second-order valence-corrected chi connectivity index (χ2v) is 15.5. The van der Waals surface area contributed by atoms with Crippen LogP contribution in [-0.2, 0) is 16.6 Å². The zero-order valence-corrected chi connectivity index (χ0v) is 28.5. The van der Waals surface area contributed by atoms with Crippen molar-refractivity contribution in [2.75, 3.05) is 29.3 Å². The second-order valence-electron chi connectivity index (χ2n) is 13.8. The molecule has 6 rings (SSSR count). The van der Waals surface area contributed by atoms with Crippen LogP contribution in [0.3, 0.4) is 0 Å². The van der Waals surface area contributed by atoms with E-state index in [0.29, 0.717) is 23.9 Å². The van der Waals surface area contributed by atoms with Gasteiger partial charge < -0.3 is 14.5 Å². The molecule has 4 aromatic rings. The van der Waals surface area contributed by atoms with E-state index in [1.165, 1.54) is 12.1 Å². The lowest BCUT2D eigenvalue weighted by atomic mass is 9.87. The predicted octanol–water partition coefficient (Wildman–Crippen LogP) is 5.65. The summed E-state index contributed by atoms with van der Waals surface area (Å²) in [4.78, 5) is 36.5. The smallest absolute Gasteiger partial charge is 0.264 e. The number of sulfonamides is 1. The van der Waals surface area contributed by atoms with Crippen molar-refractivity contribution in [3.05, 3.63) is 83.4 Å². The first-order valence-corrected chi connectivity index (χ1v) is 17.3. The van der Waals surface area contributed by atoms with Gasteiger partial charge in [0.25, 0.3) is 15.9 Å². The normalized spacial score (nSPS) is 18.3. The lowest BCUT2D eigenvalue weighted by Crippen LogP contribution is -2.46. The van der Waals surface area contributed by atoms with Gasteiger partial charge >= 0.3 is 0 Å². The molecule has 0 unspecified atom stereocenters. The van der Waals surface area contributed by atoms with Crippen molar-refractivity contribution in [1.82, 2.24) is 24.8 Å². The number of amides is 1. The summed E-state index contributed by atoms with van der Waals surface area (Å²) in [5, 5.41) is 0. The fourth-order valence-corrected chi connectivity index (χ4v) is 7.19. The molecule has 246 valence electrons. The van der Waals surface area contributed by atoms with Crippen LogP contribution >= 0.6 is 0 Å². The molecule has 1 fully saturated rings. The summed E-state index contributed by atoms with van der Waals surface area (Å²) in [6.07, 6.45) is 4.18. The minimum absolute atomic E-state index is 0.0807. The van der Waals surface area contributed by atoms with Gasteiger partial charge in [0.05, 0.1) is 41.3 Å². The van der Waals surface area contributed by atoms with E-state index in [0.717, 1.165) is 35.5 Å². The van der Waals surface area contributed by atoms with Crippen LogP contribution in [0.5, 0.6) is 5.88 Å². The first-order chi connectivity index (χ1) is 22.3. The number of anilines is 2. The van der Waals surface area contributed by atoms with Gasteiger partial charge in [0.2, 0.25) is 11.8 Å². The standard InChI is InChI=1S/C35H41N7O4S/c1-22-18-41(19-22)27-16-36-30(37-17-27)20-42-26(15-35(4,5)6)21-46-31-14-29(32-23(2)9-7-10-24(32)3)38-34(39-31)40-47(44,45)28-12-8-11-25(13-28)33(42)43/h7-14,16-17,22,26H,15,18-21H2,1-6H3,(H,38,39,40)/t26-/m1/s1. The average Bonchev–Trinajstić information content (AvgIpc) is 2.99. The van der Waals surface area contributed by atoms with E-state index < -0.39 is 16.1 Å². The molecule has 2 aliphatic rings. The summed E-state index contributed by atoms with van der Waals surface area (Å²) in [6, 6.07) is 13.2. The Balaban J connectivity index is 1.44. The largest absolute Gasteiger partial charge is 0.475 e. The number of benzene rings is 2. The van der Waals surface area contributed by atoms with Gasteiger partial charge in [-0.25, -0.2) is 28.1 Å². The van der Waals surface area contributed by atoms with Gasteiger partial charge in [-0.05, 0) is 60.9 Å². The van der Waals surface area contributed by atoms with Crippen molar-refractivity contribution < 1.29 is 17.9 Å². The molecule has 1 atom stereocenters. The lowest BCUT2D eigenvalue weighted by Gasteiger charge is -2.38. The van der Waals surface area contributed by atoms with Gasteiger partial charge in [-0.15, -0.1) is 0 Å². The monoisotopic (exact) mass is 655 g/mol. The molecule has 2 aromatic heterocycles. The number of nitrogens with zero attached hydrogens (tertiary/aromatic N) is 6. The zero-order valence-electron chi connectivity index (χ0n) is 27.7. The summed E-state index contributed by atoms with van der Waals surface area (Å²) < 4.78 is 36.2. The highest BCUT2D eigenvalue weighted by atomic mass is 32.2. The van der Waals surface area contributed by atoms with E-state index in [9.17, 15) is 13.2 Å². The van der Waals surface area contributed by atoms with Crippen LogP contribution in [0.1, 0.15) is 61.4 Å². The van der Waals surface area contributed by atoms with Crippen molar-refractivity contribution in [2.45, 2.75) is 65.4 Å². The van der Waals surface area contributed by atoms with E-state index in [4.69, 9.17) is 4.74 Å². The fourth-order valence-electron chi connectivity index (χ4n) is 6.20. The summed E-state index contributed by atoms with van der Waals surface area (Å²) in [5.74, 6) is 0.834. The van der Waals surface area contributed by atoms with Crippen molar-refractivity contribution in [3.63, 3.8) is 0 Å². The summed E-state index contributed by atoms with van der Waals surface area (Å²) in [6.45, 7) is 14.6. The fraction of sp³-hybridized carbons (Fsp3) is 0.400. The minimum Gasteiger partial charge on any atom is -0.475 e. The van der Waals surface area contributed by atoms with E-state index in [2.05, 4.69) is 57.3 Å². The lowest BCUT2D eigenvalue weighted by molar-refractivity contribution is 0.0505. The molecule has 2 aliphatic heterocycles. The molecule has 1 saturated heterocycles. The Bertz CT molecular complexity index is 1880. The highest BCUT2D eigenvalue weighted by Gasteiger charge is 2.32. The summed E-state index contributed by atoms with van der Waals surface area (Å²) in [7, 11) is -4.16. The van der Waals surface area contributed by atoms with Crippen molar-refractivity contribution in [1.29, 1.82) is 0 Å². The average molecular weight is 656 g/mol. The third-order valence-corrected chi connectivity index (χ3v) is 9.79. The van der Waals surface area contributed by atoms with Gasteiger partial charge in [-0.1, -0.05) is 52.0 Å². The molecule has 12 heteroatoms. The van der Waals surface area contributed by atoms with E-state index in [1.807, 2.05) is 32.0 Å². The number of aryl methyl sites for hydroxylation is 2. The first-order valence-electron chi connectivity index (χ1n) is 15.8. The van der Waals surface area contributed by atoms with Gasteiger partial charge in [-0.2, -0.15) is 4.98 Å². The number of carbonyl (C=O) groups is 1. The van der Waals surface area contributed by atoms with Crippen molar-refractivity contribution in [3.8, 4) is 17.1 Å². The van der Waals surface area contributed by atoms with E-state index >= 15 is 0 Å². The highest BCUT2D eigenvalue weighted by molar-refractivity contribution is 7.92. The maximum atomic E-state index is 14.4. The summed E-state index contributed by atoms with van der Waals surface area (Å²) in [5.41, 5.74) is 4.33. The zero-order chi connectivity index (χ0) is 33.5. The number of rotatable bonds is 5. The molecule has 4 heterocycles. The Morgan fingerprint density at radius 2 is 1.66 bits per heavy atom. The third kappa shape index (κ3) is 7.22. The molecule has 0 saturated carbocycles. The first kappa shape index (κ1) is 32.4. The van der Waals surface area contributed by atoms with Crippen LogP contribution in [0.15, 0.2) is 65.8 Å². The maximum Gasteiger partial charge on any atom is 0.264 e. The number of ether oxygens (including phenoxy) is 1. The second kappa shape index (κ2) is 12.6. The molecule has 0 aliphatic carbocycles. The Hall–Kier alpha value is -4.58. The molecule has 11 nitrogen and oxygen atoms in total. The van der Waals surface area contributed by atoms with Crippen LogP contribution in [0.4, 0.5) is 11.6 Å². The number of hydrogen-bond acceptors (Lipinski definition) is 9. The minimum atomic E-state index is -4.16. The Morgan fingerprint density at radius 1 is 0.979 bits per heavy atom. The van der Waals surface area contributed by atoms with E-state index in [1.54, 1.807) is 35.5 Å². The van der Waals surface area contributed by atoms with Crippen LogP contribution in [0.25, 0.3) is 11.3 Å². The highest BCUT2D eigenvalue weighted by Crippen LogP contribution is 2.32. The van der Waals surface area contributed by atoms with Gasteiger partial charge in [0.1, 0.15) is 12.4 Å². The number of aromatic nitrogens is 4. The predicted molar refractivity (Wildman–Crippen MR) is 181 cm³/mol. The van der Waals surface area contributed by atoms with Crippen LogP contribution < -0.4 is 14.4 Å². The van der Waals surface area contributed by atoms with Crippen LogP contribution in [0, 0.1) is 25.2 Å². The number of hydrogen-bond donors (Lipinski definition) is 1.